The number of rotatable bonds is 0. The maximum absolute atomic E-state index is 11.8. The SMILES string of the molecule is C.CN1CC(=O)N2c3ccccc3N(C)C12. The molecule has 16 heavy (non-hydrogen) atoms. The van der Waals surface area contributed by atoms with Gasteiger partial charge in [0, 0.05) is 7.05 Å². The van der Waals surface area contributed by atoms with Crippen LogP contribution in [0, 0.1) is 0 Å². The topological polar surface area (TPSA) is 26.8 Å². The zero-order chi connectivity index (χ0) is 10.6. The number of hydrogen-bond donors (Lipinski definition) is 0. The van der Waals surface area contributed by atoms with E-state index < -0.39 is 0 Å². The maximum atomic E-state index is 11.8. The van der Waals surface area contributed by atoms with Crippen molar-refractivity contribution >= 4 is 17.3 Å². The third-order valence-electron chi connectivity index (χ3n) is 3.15. The number of carbonyl (C=O) groups is 1. The van der Waals surface area contributed by atoms with Gasteiger partial charge in [-0.25, -0.2) is 0 Å². The van der Waals surface area contributed by atoms with E-state index in [9.17, 15) is 4.79 Å². The van der Waals surface area contributed by atoms with Gasteiger partial charge in [-0.3, -0.25) is 14.6 Å². The molecular formula is C12H17N3O. The maximum Gasteiger partial charge on any atom is 0.244 e. The number of likely N-dealkylation sites (N-methyl/N-ethyl adjacent to an activating group) is 1. The number of fused-ring (bicyclic) bond motifs is 3. The molecule has 1 saturated heterocycles. The van der Waals surface area contributed by atoms with E-state index in [1.165, 1.54) is 0 Å². The molecule has 0 bridgehead atoms. The molecule has 0 radical (unpaired) electrons. The van der Waals surface area contributed by atoms with E-state index in [4.69, 9.17) is 0 Å². The summed E-state index contributed by atoms with van der Waals surface area (Å²) >= 11 is 0. The van der Waals surface area contributed by atoms with Gasteiger partial charge in [-0.15, -0.1) is 0 Å². The smallest absolute Gasteiger partial charge is 0.244 e. The molecule has 86 valence electrons. The summed E-state index contributed by atoms with van der Waals surface area (Å²) in [4.78, 5) is 17.9. The van der Waals surface area contributed by atoms with Crippen molar-refractivity contribution in [1.82, 2.24) is 4.90 Å². The van der Waals surface area contributed by atoms with E-state index in [1.54, 1.807) is 0 Å². The Morgan fingerprint density at radius 1 is 1.19 bits per heavy atom. The first-order chi connectivity index (χ1) is 7.20. The van der Waals surface area contributed by atoms with Crippen molar-refractivity contribution < 1.29 is 4.79 Å². The van der Waals surface area contributed by atoms with Gasteiger partial charge in [-0.05, 0) is 19.2 Å². The Kier molecular flexibility index (Phi) is 2.39. The van der Waals surface area contributed by atoms with Gasteiger partial charge < -0.3 is 4.90 Å². The lowest BCUT2D eigenvalue weighted by molar-refractivity contribution is -0.116. The molecule has 0 aromatic heterocycles. The van der Waals surface area contributed by atoms with Gasteiger partial charge >= 0.3 is 0 Å². The van der Waals surface area contributed by atoms with Crippen molar-refractivity contribution in [2.24, 2.45) is 0 Å². The number of para-hydroxylation sites is 2. The summed E-state index contributed by atoms with van der Waals surface area (Å²) in [7, 11) is 4.00. The molecule has 0 spiro atoms. The zero-order valence-electron chi connectivity index (χ0n) is 8.84. The minimum Gasteiger partial charge on any atom is -0.340 e. The fourth-order valence-electron chi connectivity index (χ4n) is 2.52. The summed E-state index contributed by atoms with van der Waals surface area (Å²) < 4.78 is 0. The van der Waals surface area contributed by atoms with Crippen LogP contribution in [-0.2, 0) is 4.79 Å². The molecule has 2 aliphatic heterocycles. The van der Waals surface area contributed by atoms with E-state index in [2.05, 4.69) is 15.9 Å². The Morgan fingerprint density at radius 2 is 1.81 bits per heavy atom. The van der Waals surface area contributed by atoms with Gasteiger partial charge in [-0.1, -0.05) is 19.6 Å². The highest BCUT2D eigenvalue weighted by molar-refractivity contribution is 6.03. The van der Waals surface area contributed by atoms with Gasteiger partial charge in [-0.2, -0.15) is 0 Å². The first kappa shape index (κ1) is 11.0. The molecule has 0 saturated carbocycles. The third-order valence-corrected chi connectivity index (χ3v) is 3.15. The Bertz CT molecular complexity index is 432. The monoisotopic (exact) mass is 219 g/mol. The van der Waals surface area contributed by atoms with Crippen LogP contribution in [0.2, 0.25) is 0 Å². The fourth-order valence-corrected chi connectivity index (χ4v) is 2.52. The first-order valence-corrected chi connectivity index (χ1v) is 5.04. The summed E-state index contributed by atoms with van der Waals surface area (Å²) in [6, 6.07) is 8.03. The molecule has 4 nitrogen and oxygen atoms in total. The lowest BCUT2D eigenvalue weighted by Gasteiger charge is -2.27. The quantitative estimate of drug-likeness (QED) is 0.658. The van der Waals surface area contributed by atoms with Crippen LogP contribution in [0.5, 0.6) is 0 Å². The predicted octanol–water partition coefficient (Wildman–Crippen LogP) is 1.33. The van der Waals surface area contributed by atoms with E-state index in [1.807, 2.05) is 37.2 Å². The second kappa shape index (κ2) is 3.49. The summed E-state index contributed by atoms with van der Waals surface area (Å²) in [6.07, 6.45) is 0.0647. The van der Waals surface area contributed by atoms with Gasteiger partial charge in [0.1, 0.15) is 0 Å². The minimum atomic E-state index is 0. The van der Waals surface area contributed by atoms with E-state index in [0.717, 1.165) is 11.4 Å². The van der Waals surface area contributed by atoms with Crippen LogP contribution in [0.4, 0.5) is 11.4 Å². The standard InChI is InChI=1S/C11H13N3O.CH4/c1-12-7-10(15)14-9-6-4-3-5-8(9)13(2)11(12)14;/h3-6,11H,7H2,1-2H3;1H4. The molecule has 2 aliphatic rings. The lowest BCUT2D eigenvalue weighted by Crippen LogP contribution is -2.45. The summed E-state index contributed by atoms with van der Waals surface area (Å²) in [5, 5.41) is 0. The van der Waals surface area contributed by atoms with Crippen LogP contribution in [-0.4, -0.2) is 37.7 Å². The van der Waals surface area contributed by atoms with Crippen molar-refractivity contribution in [3.63, 3.8) is 0 Å². The van der Waals surface area contributed by atoms with Crippen molar-refractivity contribution in [3.8, 4) is 0 Å². The van der Waals surface area contributed by atoms with Crippen LogP contribution in [0.3, 0.4) is 0 Å². The Hall–Kier alpha value is -1.55. The third kappa shape index (κ3) is 1.16. The zero-order valence-corrected chi connectivity index (χ0v) is 8.84. The van der Waals surface area contributed by atoms with Crippen molar-refractivity contribution in [2.45, 2.75) is 13.7 Å². The molecule has 0 aliphatic carbocycles. The van der Waals surface area contributed by atoms with E-state index in [0.29, 0.717) is 6.54 Å². The molecule has 1 amide bonds. The highest BCUT2D eigenvalue weighted by atomic mass is 16.2. The number of amides is 1. The van der Waals surface area contributed by atoms with Gasteiger partial charge in [0.05, 0.1) is 17.9 Å². The van der Waals surface area contributed by atoms with Crippen molar-refractivity contribution in [3.05, 3.63) is 24.3 Å². The summed E-state index contributed by atoms with van der Waals surface area (Å²) in [6.45, 7) is 0.503. The average Bonchev–Trinajstić information content (AvgIpc) is 2.68. The molecule has 3 rings (SSSR count). The highest BCUT2D eigenvalue weighted by Gasteiger charge is 2.45. The largest absolute Gasteiger partial charge is 0.340 e. The van der Waals surface area contributed by atoms with Crippen LogP contribution in [0.1, 0.15) is 7.43 Å². The summed E-state index contributed by atoms with van der Waals surface area (Å²) in [5.41, 5.74) is 2.15. The average molecular weight is 219 g/mol. The predicted molar refractivity (Wildman–Crippen MR) is 65.5 cm³/mol. The van der Waals surface area contributed by atoms with Crippen molar-refractivity contribution in [2.75, 3.05) is 30.4 Å². The number of nitrogens with zero attached hydrogens (tertiary/aromatic N) is 3. The molecule has 1 aromatic carbocycles. The minimum absolute atomic E-state index is 0. The normalized spacial score (nSPS) is 23.1. The van der Waals surface area contributed by atoms with Gasteiger partial charge in [0.25, 0.3) is 0 Å². The number of hydrogen-bond acceptors (Lipinski definition) is 3. The molecule has 1 fully saturated rings. The highest BCUT2D eigenvalue weighted by Crippen LogP contribution is 2.41. The fraction of sp³-hybridized carbons (Fsp3) is 0.417. The Morgan fingerprint density at radius 3 is 2.50 bits per heavy atom. The second-order valence-corrected chi connectivity index (χ2v) is 4.12. The van der Waals surface area contributed by atoms with Gasteiger partial charge in [0.2, 0.25) is 5.91 Å². The van der Waals surface area contributed by atoms with Gasteiger partial charge in [0.15, 0.2) is 6.29 Å². The number of anilines is 2. The second-order valence-electron chi connectivity index (χ2n) is 4.12. The van der Waals surface area contributed by atoms with E-state index >= 15 is 0 Å². The van der Waals surface area contributed by atoms with Crippen molar-refractivity contribution in [1.29, 1.82) is 0 Å². The summed E-state index contributed by atoms with van der Waals surface area (Å²) in [5.74, 6) is 0.180. The number of benzene rings is 1. The molecule has 1 atom stereocenters. The molecule has 1 aromatic rings. The Labute approximate surface area is 96.1 Å². The van der Waals surface area contributed by atoms with Crippen LogP contribution >= 0.6 is 0 Å². The van der Waals surface area contributed by atoms with E-state index in [-0.39, 0.29) is 19.6 Å². The molecular weight excluding hydrogens is 202 g/mol. The molecule has 0 N–H and O–H groups in total. The van der Waals surface area contributed by atoms with Crippen LogP contribution in [0.15, 0.2) is 24.3 Å². The van der Waals surface area contributed by atoms with Crippen LogP contribution in [0.25, 0.3) is 0 Å². The molecule has 1 unspecified atom stereocenters. The molecule has 2 heterocycles. The number of carbonyl (C=O) groups excluding carboxylic acids is 1. The first-order valence-electron chi connectivity index (χ1n) is 5.04. The Balaban J connectivity index is 0.000000963. The lowest BCUT2D eigenvalue weighted by atomic mass is 10.2. The molecule has 4 heteroatoms. The van der Waals surface area contributed by atoms with Crippen LogP contribution < -0.4 is 9.80 Å².